The molecule has 45 heavy (non-hydrogen) atoms. The summed E-state index contributed by atoms with van der Waals surface area (Å²) >= 11 is 0. The van der Waals surface area contributed by atoms with Crippen LogP contribution >= 0.6 is 0 Å². The molecule has 0 aliphatic carbocycles. The van der Waals surface area contributed by atoms with Crippen LogP contribution in [0.3, 0.4) is 0 Å². The minimum Gasteiger partial charge on any atom is -0.379 e. The van der Waals surface area contributed by atoms with Gasteiger partial charge in [0, 0.05) is 32.0 Å². The lowest BCUT2D eigenvalue weighted by Crippen LogP contribution is -2.72. The lowest BCUT2D eigenvalue weighted by atomic mass is 9.83. The first-order valence-electron chi connectivity index (χ1n) is 16.8. The Labute approximate surface area is 267 Å². The molecule has 5 atom stereocenters. The second-order valence-electron chi connectivity index (χ2n) is 11.8. The van der Waals surface area contributed by atoms with Crippen LogP contribution in [0.2, 0.25) is 0 Å². The van der Waals surface area contributed by atoms with Crippen LogP contribution in [0.5, 0.6) is 0 Å². The van der Waals surface area contributed by atoms with Crippen LogP contribution in [-0.2, 0) is 36.0 Å². The number of aliphatic hydroxyl groups is 1. The molecule has 1 saturated heterocycles. The van der Waals surface area contributed by atoms with Crippen LogP contribution in [0.4, 0.5) is 13.2 Å². The van der Waals surface area contributed by atoms with Crippen molar-refractivity contribution < 1.29 is 42.0 Å². The molecule has 9 heteroatoms. The number of halogens is 3. The van der Waals surface area contributed by atoms with Gasteiger partial charge in [0.1, 0.15) is 30.2 Å². The molecule has 1 N–H and O–H groups in total. The Morgan fingerprint density at radius 2 is 1.31 bits per heavy atom. The second kappa shape index (κ2) is 19.0. The van der Waals surface area contributed by atoms with Crippen LogP contribution in [0.25, 0.3) is 0 Å². The molecule has 2 aromatic rings. The molecule has 0 aromatic heterocycles. The van der Waals surface area contributed by atoms with Gasteiger partial charge in [0.15, 0.2) is 0 Å². The number of unbranched alkanes of at least 4 members (excludes halogenated alkanes) is 4. The third-order valence-electron chi connectivity index (χ3n) is 8.15. The van der Waals surface area contributed by atoms with Crippen molar-refractivity contribution in [2.24, 2.45) is 0 Å². The van der Waals surface area contributed by atoms with E-state index in [1.54, 1.807) is 24.3 Å². The monoisotopic (exact) mass is 638 g/mol. The van der Waals surface area contributed by atoms with E-state index in [1.807, 2.05) is 27.7 Å². The SMILES string of the molecule is CCCCOC[C@H]1O[C@@](O)(C(F)(F)c2ccccc2Cc2ccc(F)cc2)[C@H](OCCCC)[C@@H](OCCCC)[C@@H]1OCCCC. The summed E-state index contributed by atoms with van der Waals surface area (Å²) in [7, 11) is 0. The summed E-state index contributed by atoms with van der Waals surface area (Å²) in [6.45, 7) is 9.24. The molecular formula is C36H53F3O6. The molecule has 3 rings (SSSR count). The Bertz CT molecular complexity index is 1100. The number of hydrogen-bond acceptors (Lipinski definition) is 6. The summed E-state index contributed by atoms with van der Waals surface area (Å²) in [4.78, 5) is 0. The number of benzene rings is 2. The van der Waals surface area contributed by atoms with Crippen molar-refractivity contribution in [3.63, 3.8) is 0 Å². The number of alkyl halides is 2. The van der Waals surface area contributed by atoms with E-state index in [4.69, 9.17) is 23.7 Å². The third kappa shape index (κ3) is 9.99. The molecule has 1 heterocycles. The largest absolute Gasteiger partial charge is 0.379 e. The summed E-state index contributed by atoms with van der Waals surface area (Å²) in [6.07, 6.45) is 1.93. The smallest absolute Gasteiger partial charge is 0.328 e. The van der Waals surface area contributed by atoms with Gasteiger partial charge in [-0.05, 0) is 55.4 Å². The summed E-state index contributed by atoms with van der Waals surface area (Å²) in [5.74, 6) is -7.46. The maximum atomic E-state index is 17.2. The summed E-state index contributed by atoms with van der Waals surface area (Å²) in [6, 6.07) is 11.8. The van der Waals surface area contributed by atoms with Crippen molar-refractivity contribution in [1.29, 1.82) is 0 Å². The lowest BCUT2D eigenvalue weighted by Gasteiger charge is -2.52. The van der Waals surface area contributed by atoms with Gasteiger partial charge in [0.25, 0.3) is 5.79 Å². The van der Waals surface area contributed by atoms with Crippen molar-refractivity contribution in [3.8, 4) is 0 Å². The quantitative estimate of drug-likeness (QED) is 0.140. The topological polar surface area (TPSA) is 66.4 Å². The van der Waals surface area contributed by atoms with E-state index in [2.05, 4.69) is 0 Å². The van der Waals surface area contributed by atoms with E-state index in [9.17, 15) is 9.50 Å². The molecule has 0 spiro atoms. The van der Waals surface area contributed by atoms with Crippen molar-refractivity contribution in [1.82, 2.24) is 0 Å². The molecular weight excluding hydrogens is 585 g/mol. The Hall–Kier alpha value is -2.01. The molecule has 6 nitrogen and oxygen atoms in total. The van der Waals surface area contributed by atoms with Gasteiger partial charge in [0.2, 0.25) is 0 Å². The Balaban J connectivity index is 2.10. The molecule has 1 aliphatic heterocycles. The van der Waals surface area contributed by atoms with Crippen molar-refractivity contribution in [2.75, 3.05) is 33.0 Å². The number of hydrogen-bond donors (Lipinski definition) is 1. The van der Waals surface area contributed by atoms with Gasteiger partial charge < -0.3 is 28.8 Å². The first kappa shape index (κ1) is 37.4. The average molecular weight is 639 g/mol. The van der Waals surface area contributed by atoms with Crippen LogP contribution in [0.15, 0.2) is 48.5 Å². The van der Waals surface area contributed by atoms with Crippen molar-refractivity contribution >= 4 is 0 Å². The highest BCUT2D eigenvalue weighted by Crippen LogP contribution is 2.49. The van der Waals surface area contributed by atoms with Crippen LogP contribution in [0.1, 0.15) is 95.8 Å². The van der Waals surface area contributed by atoms with E-state index < -0.39 is 47.5 Å². The summed E-state index contributed by atoms with van der Waals surface area (Å²) in [5.41, 5.74) is 0.530. The van der Waals surface area contributed by atoms with Gasteiger partial charge in [-0.3, -0.25) is 0 Å². The van der Waals surface area contributed by atoms with Gasteiger partial charge >= 0.3 is 5.92 Å². The van der Waals surface area contributed by atoms with Crippen LogP contribution < -0.4 is 0 Å². The predicted molar refractivity (Wildman–Crippen MR) is 169 cm³/mol. The summed E-state index contributed by atoms with van der Waals surface area (Å²) in [5, 5.41) is 12.3. The highest BCUT2D eigenvalue weighted by atomic mass is 19.3. The Morgan fingerprint density at radius 1 is 0.756 bits per heavy atom. The minimum atomic E-state index is -3.94. The van der Waals surface area contributed by atoms with Crippen LogP contribution in [0, 0.1) is 5.82 Å². The maximum absolute atomic E-state index is 17.2. The van der Waals surface area contributed by atoms with Gasteiger partial charge in [-0.15, -0.1) is 0 Å². The normalized spacial score (nSPS) is 23.8. The van der Waals surface area contributed by atoms with E-state index in [0.29, 0.717) is 31.6 Å². The third-order valence-corrected chi connectivity index (χ3v) is 8.15. The molecule has 0 amide bonds. The van der Waals surface area contributed by atoms with Crippen molar-refractivity contribution in [3.05, 3.63) is 71.0 Å². The van der Waals surface area contributed by atoms with E-state index >= 15 is 8.78 Å². The molecule has 0 bridgehead atoms. The predicted octanol–water partition coefficient (Wildman–Crippen LogP) is 7.97. The zero-order chi connectivity index (χ0) is 32.7. The molecule has 1 fully saturated rings. The maximum Gasteiger partial charge on any atom is 0.328 e. The first-order chi connectivity index (χ1) is 21.7. The first-order valence-corrected chi connectivity index (χ1v) is 16.8. The molecule has 0 unspecified atom stereocenters. The minimum absolute atomic E-state index is 0.0538. The van der Waals surface area contributed by atoms with Gasteiger partial charge in [0.05, 0.1) is 6.61 Å². The van der Waals surface area contributed by atoms with Gasteiger partial charge in [-0.25, -0.2) is 4.39 Å². The Morgan fingerprint density at radius 3 is 1.93 bits per heavy atom. The van der Waals surface area contributed by atoms with Crippen LogP contribution in [-0.4, -0.2) is 68.3 Å². The zero-order valence-electron chi connectivity index (χ0n) is 27.5. The molecule has 254 valence electrons. The van der Waals surface area contributed by atoms with Gasteiger partial charge in [-0.1, -0.05) is 89.8 Å². The highest BCUT2D eigenvalue weighted by molar-refractivity contribution is 5.37. The fourth-order valence-corrected chi connectivity index (χ4v) is 5.47. The van der Waals surface area contributed by atoms with E-state index in [0.717, 1.165) is 38.5 Å². The number of rotatable bonds is 21. The average Bonchev–Trinajstić information content (AvgIpc) is 3.03. The standard InChI is InChI=1S/C36H53F3O6/c1-5-9-21-41-26-31-32(42-22-10-6-2)33(43-23-11-7-3)34(44-24-12-8-4)36(40,45-31)35(38,39)30-16-14-13-15-28(30)25-27-17-19-29(37)20-18-27/h13-20,31-34,40H,5-12,21-26H2,1-4H3/t31-,32-,33+,34-,36-/m1/s1. The fraction of sp³-hybridized carbons (Fsp3) is 0.667. The lowest BCUT2D eigenvalue weighted by molar-refractivity contribution is -0.426. The van der Waals surface area contributed by atoms with Gasteiger partial charge in [-0.2, -0.15) is 8.78 Å². The molecule has 1 aliphatic rings. The fourth-order valence-electron chi connectivity index (χ4n) is 5.47. The highest BCUT2D eigenvalue weighted by Gasteiger charge is 2.68. The van der Waals surface area contributed by atoms with Crippen molar-refractivity contribution in [2.45, 2.75) is 122 Å². The number of ether oxygens (including phenoxy) is 5. The molecule has 2 aromatic carbocycles. The summed E-state index contributed by atoms with van der Waals surface area (Å²) < 4.78 is 78.7. The Kier molecular flexibility index (Phi) is 15.8. The van der Waals surface area contributed by atoms with E-state index in [1.165, 1.54) is 24.3 Å². The molecule has 0 radical (unpaired) electrons. The molecule has 0 saturated carbocycles. The van der Waals surface area contributed by atoms with E-state index in [-0.39, 0.29) is 31.8 Å². The second-order valence-corrected chi connectivity index (χ2v) is 11.8. The zero-order valence-corrected chi connectivity index (χ0v) is 27.5.